The second kappa shape index (κ2) is 6.32. The van der Waals surface area contributed by atoms with Crippen LogP contribution in [-0.2, 0) is 10.4 Å². The van der Waals surface area contributed by atoms with Gasteiger partial charge in [0.05, 0.1) is 19.0 Å². The van der Waals surface area contributed by atoms with Gasteiger partial charge in [0, 0.05) is 12.3 Å². The number of pyridine rings is 1. The second-order valence-corrected chi connectivity index (χ2v) is 4.74. The molecule has 2 rings (SSSR count). The Morgan fingerprint density at radius 3 is 3.05 bits per heavy atom. The number of carbonyl (C=O) groups excluding carboxylic acids is 1. The lowest BCUT2D eigenvalue weighted by Gasteiger charge is -2.20. The van der Waals surface area contributed by atoms with Gasteiger partial charge in [0.25, 0.3) is 0 Å². The third-order valence-corrected chi connectivity index (χ3v) is 2.81. The maximum Gasteiger partial charge on any atom is 0.244 e. The standard InChI is InChI=1S/C15H15FN2O3/c1-15(20,13-3-2-6-21-13)10-18-14(19)5-4-11-7-12(16)9-17-8-11/h2-9,20H,10H2,1H3,(H,18,19)/b5-4+. The first-order valence-corrected chi connectivity index (χ1v) is 6.30. The summed E-state index contributed by atoms with van der Waals surface area (Å²) in [7, 11) is 0. The summed E-state index contributed by atoms with van der Waals surface area (Å²) in [6, 6.07) is 4.54. The molecule has 0 saturated carbocycles. The zero-order valence-corrected chi connectivity index (χ0v) is 11.4. The number of nitrogens with zero attached hydrogens (tertiary/aromatic N) is 1. The highest BCUT2D eigenvalue weighted by atomic mass is 19.1. The summed E-state index contributed by atoms with van der Waals surface area (Å²) in [6.45, 7) is 1.53. The van der Waals surface area contributed by atoms with Crippen LogP contribution in [0.5, 0.6) is 0 Å². The molecule has 110 valence electrons. The maximum absolute atomic E-state index is 12.9. The number of hydrogen-bond donors (Lipinski definition) is 2. The lowest BCUT2D eigenvalue weighted by Crippen LogP contribution is -2.37. The number of hydrogen-bond acceptors (Lipinski definition) is 4. The normalized spacial score (nSPS) is 14.0. The first-order chi connectivity index (χ1) is 9.97. The molecule has 0 spiro atoms. The lowest BCUT2D eigenvalue weighted by atomic mass is 10.0. The predicted octanol–water partition coefficient (Wildman–Crippen LogP) is 1.85. The number of aromatic nitrogens is 1. The van der Waals surface area contributed by atoms with E-state index in [1.165, 1.54) is 37.6 Å². The van der Waals surface area contributed by atoms with Crippen molar-refractivity contribution < 1.29 is 18.7 Å². The van der Waals surface area contributed by atoms with Gasteiger partial charge in [-0.15, -0.1) is 0 Å². The van der Waals surface area contributed by atoms with Crippen molar-refractivity contribution in [2.75, 3.05) is 6.54 Å². The van der Waals surface area contributed by atoms with E-state index in [0.717, 1.165) is 6.20 Å². The summed E-state index contributed by atoms with van der Waals surface area (Å²) < 4.78 is 18.0. The minimum Gasteiger partial charge on any atom is -0.466 e. The van der Waals surface area contributed by atoms with Gasteiger partial charge in [-0.3, -0.25) is 9.78 Å². The molecule has 0 bridgehead atoms. The van der Waals surface area contributed by atoms with Crippen LogP contribution in [-0.4, -0.2) is 22.5 Å². The van der Waals surface area contributed by atoms with Gasteiger partial charge in [-0.1, -0.05) is 0 Å². The molecule has 0 aliphatic heterocycles. The number of halogens is 1. The molecule has 6 heteroatoms. The zero-order chi connectivity index (χ0) is 15.3. The van der Waals surface area contributed by atoms with Crippen molar-refractivity contribution in [1.29, 1.82) is 0 Å². The molecular weight excluding hydrogens is 275 g/mol. The molecule has 0 aliphatic rings. The van der Waals surface area contributed by atoms with Crippen molar-refractivity contribution >= 4 is 12.0 Å². The number of furan rings is 1. The molecule has 2 aromatic rings. The van der Waals surface area contributed by atoms with Crippen molar-refractivity contribution in [2.45, 2.75) is 12.5 Å². The van der Waals surface area contributed by atoms with E-state index in [1.807, 2.05) is 0 Å². The van der Waals surface area contributed by atoms with Crippen molar-refractivity contribution in [3.05, 3.63) is 60.1 Å². The highest BCUT2D eigenvalue weighted by molar-refractivity contribution is 5.91. The summed E-state index contributed by atoms with van der Waals surface area (Å²) in [5.41, 5.74) is -0.823. The van der Waals surface area contributed by atoms with E-state index < -0.39 is 17.3 Å². The smallest absolute Gasteiger partial charge is 0.244 e. The molecule has 2 aromatic heterocycles. The Labute approximate surface area is 121 Å². The second-order valence-electron chi connectivity index (χ2n) is 4.74. The van der Waals surface area contributed by atoms with Crippen LogP contribution in [0.15, 0.2) is 47.3 Å². The molecule has 21 heavy (non-hydrogen) atoms. The first kappa shape index (κ1) is 14.9. The molecule has 0 saturated heterocycles. The quantitative estimate of drug-likeness (QED) is 0.824. The summed E-state index contributed by atoms with van der Waals surface area (Å²) in [5, 5.41) is 12.7. The molecule has 2 heterocycles. The first-order valence-electron chi connectivity index (χ1n) is 6.30. The van der Waals surface area contributed by atoms with Gasteiger partial charge >= 0.3 is 0 Å². The SMILES string of the molecule is CC(O)(CNC(=O)/C=C/c1cncc(F)c1)c1ccco1. The summed E-state index contributed by atoms with van der Waals surface area (Å²) >= 11 is 0. The van der Waals surface area contributed by atoms with Crippen molar-refractivity contribution in [3.8, 4) is 0 Å². The van der Waals surface area contributed by atoms with Crippen LogP contribution in [0.25, 0.3) is 6.08 Å². The number of aliphatic hydroxyl groups is 1. The third kappa shape index (κ3) is 4.25. The molecule has 5 nitrogen and oxygen atoms in total. The third-order valence-electron chi connectivity index (χ3n) is 2.81. The maximum atomic E-state index is 12.9. The predicted molar refractivity (Wildman–Crippen MR) is 74.5 cm³/mol. The Kier molecular flexibility index (Phi) is 4.49. The Hall–Kier alpha value is -2.47. The van der Waals surface area contributed by atoms with Crippen LogP contribution >= 0.6 is 0 Å². The van der Waals surface area contributed by atoms with Crippen LogP contribution in [0.3, 0.4) is 0 Å². The van der Waals surface area contributed by atoms with Gasteiger partial charge in [-0.05, 0) is 36.8 Å². The van der Waals surface area contributed by atoms with Crippen LogP contribution in [0.1, 0.15) is 18.2 Å². The summed E-state index contributed by atoms with van der Waals surface area (Å²) in [5.74, 6) is -0.523. The van der Waals surface area contributed by atoms with Crippen molar-refractivity contribution in [3.63, 3.8) is 0 Å². The Bertz CT molecular complexity index is 636. The number of nitrogens with one attached hydrogen (secondary N) is 1. The van der Waals surface area contributed by atoms with Crippen molar-refractivity contribution in [2.24, 2.45) is 0 Å². The summed E-state index contributed by atoms with van der Waals surface area (Å²) in [4.78, 5) is 15.3. The fraction of sp³-hybridized carbons (Fsp3) is 0.200. The summed E-state index contributed by atoms with van der Waals surface area (Å²) in [6.07, 6.45) is 6.65. The van der Waals surface area contributed by atoms with Gasteiger partial charge in [0.15, 0.2) is 0 Å². The van der Waals surface area contributed by atoms with E-state index in [4.69, 9.17) is 4.42 Å². The number of amides is 1. The van der Waals surface area contributed by atoms with E-state index in [0.29, 0.717) is 11.3 Å². The fourth-order valence-electron chi connectivity index (χ4n) is 1.68. The van der Waals surface area contributed by atoms with Gasteiger partial charge < -0.3 is 14.8 Å². The zero-order valence-electron chi connectivity index (χ0n) is 11.4. The molecular formula is C15H15FN2O3. The van der Waals surface area contributed by atoms with E-state index >= 15 is 0 Å². The molecule has 0 fully saturated rings. The molecule has 1 amide bonds. The topological polar surface area (TPSA) is 75.4 Å². The average Bonchev–Trinajstić information content (AvgIpc) is 2.98. The van der Waals surface area contributed by atoms with Gasteiger partial charge in [-0.25, -0.2) is 4.39 Å². The van der Waals surface area contributed by atoms with E-state index in [9.17, 15) is 14.3 Å². The van der Waals surface area contributed by atoms with Crippen LogP contribution < -0.4 is 5.32 Å². The van der Waals surface area contributed by atoms with Crippen LogP contribution in [0, 0.1) is 5.82 Å². The molecule has 0 radical (unpaired) electrons. The highest BCUT2D eigenvalue weighted by Crippen LogP contribution is 2.19. The number of rotatable bonds is 5. The molecule has 2 N–H and O–H groups in total. The molecule has 1 unspecified atom stereocenters. The average molecular weight is 290 g/mol. The van der Waals surface area contributed by atoms with Crippen LogP contribution in [0.4, 0.5) is 4.39 Å². The minimum absolute atomic E-state index is 0.00884. The molecule has 1 atom stereocenters. The van der Waals surface area contributed by atoms with E-state index in [1.54, 1.807) is 12.1 Å². The van der Waals surface area contributed by atoms with Gasteiger partial charge in [0.1, 0.15) is 17.2 Å². The fourth-order valence-corrected chi connectivity index (χ4v) is 1.68. The molecule has 0 aromatic carbocycles. The largest absolute Gasteiger partial charge is 0.466 e. The monoisotopic (exact) mass is 290 g/mol. The Morgan fingerprint density at radius 2 is 2.38 bits per heavy atom. The van der Waals surface area contributed by atoms with E-state index in [-0.39, 0.29) is 6.54 Å². The van der Waals surface area contributed by atoms with E-state index in [2.05, 4.69) is 10.3 Å². The van der Waals surface area contributed by atoms with Gasteiger partial charge in [-0.2, -0.15) is 0 Å². The lowest BCUT2D eigenvalue weighted by molar-refractivity contribution is -0.117. The Balaban J connectivity index is 1.90. The minimum atomic E-state index is -1.30. The molecule has 0 aliphatic carbocycles. The Morgan fingerprint density at radius 1 is 1.57 bits per heavy atom. The van der Waals surface area contributed by atoms with Gasteiger partial charge in [0.2, 0.25) is 5.91 Å². The highest BCUT2D eigenvalue weighted by Gasteiger charge is 2.26. The van der Waals surface area contributed by atoms with Crippen LogP contribution in [0.2, 0.25) is 0 Å². The van der Waals surface area contributed by atoms with Crippen molar-refractivity contribution in [1.82, 2.24) is 10.3 Å². The number of carbonyl (C=O) groups is 1.